The number of ether oxygens (including phenoxy) is 1. The predicted octanol–water partition coefficient (Wildman–Crippen LogP) is 6.60. The van der Waals surface area contributed by atoms with Gasteiger partial charge in [0.2, 0.25) is 0 Å². The molecule has 3 heteroatoms. The van der Waals surface area contributed by atoms with Crippen molar-refractivity contribution in [1.82, 2.24) is 4.98 Å². The molecule has 0 saturated carbocycles. The van der Waals surface area contributed by atoms with Crippen LogP contribution in [0, 0.1) is 5.92 Å². The van der Waals surface area contributed by atoms with E-state index in [1.165, 1.54) is 31.2 Å². The van der Waals surface area contributed by atoms with E-state index in [1.54, 1.807) is 0 Å². The Morgan fingerprint density at radius 2 is 1.81 bits per heavy atom. The first-order chi connectivity index (χ1) is 13.1. The minimum atomic E-state index is -0.148. The fourth-order valence-electron chi connectivity index (χ4n) is 2.97. The topological polar surface area (TPSA) is 39.2 Å². The fourth-order valence-corrected chi connectivity index (χ4v) is 2.97. The van der Waals surface area contributed by atoms with Crippen LogP contribution >= 0.6 is 0 Å². The summed E-state index contributed by atoms with van der Waals surface area (Å²) in [6, 6.07) is 11.8. The molecule has 27 heavy (non-hydrogen) atoms. The average Bonchev–Trinajstić information content (AvgIpc) is 2.70. The normalized spacial score (nSPS) is 12.0. The zero-order chi connectivity index (χ0) is 19.5. The van der Waals surface area contributed by atoms with Crippen LogP contribution in [0.15, 0.2) is 42.6 Å². The molecule has 2 rings (SSSR count). The molecule has 0 aliphatic heterocycles. The highest BCUT2D eigenvalue weighted by atomic mass is 16.5. The molecule has 1 atom stereocenters. The lowest BCUT2D eigenvalue weighted by molar-refractivity contribution is -0.134. The van der Waals surface area contributed by atoms with Crippen LogP contribution in [0.25, 0.3) is 11.3 Å². The number of carbonyl (C=O) groups is 1. The highest BCUT2D eigenvalue weighted by Crippen LogP contribution is 2.22. The molecule has 3 nitrogen and oxygen atoms in total. The first-order valence-electron chi connectivity index (χ1n) is 10.4. The van der Waals surface area contributed by atoms with Gasteiger partial charge in [0.05, 0.1) is 5.69 Å². The molecule has 146 valence electrons. The van der Waals surface area contributed by atoms with Crippen molar-refractivity contribution >= 4 is 5.97 Å². The number of unbranched alkanes of at least 4 members (excludes halogenated alkanes) is 2. The molecule has 0 N–H and O–H groups in total. The molecule has 0 spiro atoms. The maximum absolute atomic E-state index is 12.0. The van der Waals surface area contributed by atoms with E-state index in [9.17, 15) is 4.79 Å². The van der Waals surface area contributed by atoms with Crippen LogP contribution in [0.3, 0.4) is 0 Å². The molecule has 0 bridgehead atoms. The Morgan fingerprint density at radius 3 is 2.44 bits per heavy atom. The number of hydrogen-bond donors (Lipinski definition) is 0. The summed E-state index contributed by atoms with van der Waals surface area (Å²) >= 11 is 0. The summed E-state index contributed by atoms with van der Waals surface area (Å²) in [5, 5.41) is 0. The zero-order valence-electron chi connectivity index (χ0n) is 17.0. The molecule has 1 heterocycles. The van der Waals surface area contributed by atoms with Gasteiger partial charge in [-0.2, -0.15) is 0 Å². The molecule has 0 radical (unpaired) electrons. The van der Waals surface area contributed by atoms with Gasteiger partial charge in [-0.05, 0) is 61.1 Å². The van der Waals surface area contributed by atoms with Gasteiger partial charge >= 0.3 is 5.97 Å². The van der Waals surface area contributed by atoms with Gasteiger partial charge in [0.25, 0.3) is 0 Å². The minimum absolute atomic E-state index is 0.148. The molecular weight excluding hydrogens is 334 g/mol. The Bertz CT molecular complexity index is 677. The van der Waals surface area contributed by atoms with Crippen LogP contribution in [0.1, 0.15) is 71.3 Å². The van der Waals surface area contributed by atoms with Gasteiger partial charge in [-0.25, -0.2) is 0 Å². The summed E-state index contributed by atoms with van der Waals surface area (Å²) in [6.07, 6.45) is 10.3. The Balaban J connectivity index is 1.81. The van der Waals surface area contributed by atoms with Gasteiger partial charge in [-0.1, -0.05) is 52.5 Å². The zero-order valence-corrected chi connectivity index (χ0v) is 17.0. The van der Waals surface area contributed by atoms with Crippen LogP contribution < -0.4 is 4.74 Å². The number of nitrogens with zero attached hydrogens (tertiary/aromatic N) is 1. The van der Waals surface area contributed by atoms with E-state index in [0.29, 0.717) is 12.2 Å². The lowest BCUT2D eigenvalue weighted by Crippen LogP contribution is -2.07. The molecule has 0 saturated heterocycles. The summed E-state index contributed by atoms with van der Waals surface area (Å²) in [6.45, 7) is 6.66. The molecule has 2 aromatic rings. The van der Waals surface area contributed by atoms with Crippen molar-refractivity contribution in [3.05, 3.63) is 48.2 Å². The van der Waals surface area contributed by atoms with Crippen molar-refractivity contribution in [2.75, 3.05) is 0 Å². The van der Waals surface area contributed by atoms with Crippen LogP contribution in [-0.2, 0) is 11.2 Å². The van der Waals surface area contributed by atoms with Crippen LogP contribution in [0.5, 0.6) is 5.75 Å². The summed E-state index contributed by atoms with van der Waals surface area (Å²) in [5.74, 6) is 1.19. The number of carbonyl (C=O) groups excluding carboxylic acids is 1. The van der Waals surface area contributed by atoms with Crippen LogP contribution in [0.2, 0.25) is 0 Å². The number of pyridine rings is 1. The SMILES string of the molecule is CCCCc1ccc(-c2ccc(OC(=O)CCCCC(C)CC)cc2)nc1. The second-order valence-electron chi connectivity index (χ2n) is 7.41. The second kappa shape index (κ2) is 11.5. The summed E-state index contributed by atoms with van der Waals surface area (Å²) < 4.78 is 5.44. The largest absolute Gasteiger partial charge is 0.427 e. The molecular formula is C24H33NO2. The van der Waals surface area contributed by atoms with Gasteiger partial charge in [0.1, 0.15) is 5.75 Å². The molecule has 0 aliphatic rings. The number of hydrogen-bond acceptors (Lipinski definition) is 3. The smallest absolute Gasteiger partial charge is 0.311 e. The molecule has 1 unspecified atom stereocenters. The summed E-state index contributed by atoms with van der Waals surface area (Å²) in [4.78, 5) is 16.5. The Morgan fingerprint density at radius 1 is 1.04 bits per heavy atom. The molecule has 1 aromatic heterocycles. The van der Waals surface area contributed by atoms with Gasteiger partial charge in [0, 0.05) is 18.2 Å². The van der Waals surface area contributed by atoms with Crippen molar-refractivity contribution < 1.29 is 9.53 Å². The van der Waals surface area contributed by atoms with Gasteiger partial charge in [-0.15, -0.1) is 0 Å². The fraction of sp³-hybridized carbons (Fsp3) is 0.500. The van der Waals surface area contributed by atoms with Crippen molar-refractivity contribution in [3.8, 4) is 17.0 Å². The molecule has 1 aromatic carbocycles. The highest BCUT2D eigenvalue weighted by molar-refractivity contribution is 5.72. The first kappa shape index (κ1) is 21.1. The molecule has 0 fully saturated rings. The average molecular weight is 368 g/mol. The summed E-state index contributed by atoms with van der Waals surface area (Å²) in [7, 11) is 0. The van der Waals surface area contributed by atoms with E-state index in [0.717, 1.165) is 36.4 Å². The maximum atomic E-state index is 12.0. The Labute approximate surface area is 164 Å². The Hall–Kier alpha value is -2.16. The van der Waals surface area contributed by atoms with Crippen LogP contribution in [0.4, 0.5) is 0 Å². The van der Waals surface area contributed by atoms with E-state index in [2.05, 4.69) is 37.9 Å². The highest BCUT2D eigenvalue weighted by Gasteiger charge is 2.07. The van der Waals surface area contributed by atoms with Crippen molar-refractivity contribution in [3.63, 3.8) is 0 Å². The second-order valence-corrected chi connectivity index (χ2v) is 7.41. The standard InChI is InChI=1S/C24H33NO2/c1-4-6-10-20-12-17-23(25-18-20)21-13-15-22(16-14-21)27-24(26)11-8-7-9-19(3)5-2/h12-19H,4-11H2,1-3H3. The van der Waals surface area contributed by atoms with Gasteiger partial charge in [0.15, 0.2) is 0 Å². The monoisotopic (exact) mass is 367 g/mol. The van der Waals surface area contributed by atoms with E-state index < -0.39 is 0 Å². The summed E-state index contributed by atoms with van der Waals surface area (Å²) in [5.41, 5.74) is 3.25. The minimum Gasteiger partial charge on any atom is -0.427 e. The van der Waals surface area contributed by atoms with Gasteiger partial charge in [-0.3, -0.25) is 9.78 Å². The lowest BCUT2D eigenvalue weighted by atomic mass is 10.0. The third kappa shape index (κ3) is 7.54. The van der Waals surface area contributed by atoms with E-state index in [1.807, 2.05) is 30.5 Å². The van der Waals surface area contributed by atoms with E-state index in [4.69, 9.17) is 4.74 Å². The lowest BCUT2D eigenvalue weighted by Gasteiger charge is -2.08. The van der Waals surface area contributed by atoms with Gasteiger partial charge < -0.3 is 4.74 Å². The Kier molecular flexibility index (Phi) is 9.03. The molecule has 0 amide bonds. The van der Waals surface area contributed by atoms with E-state index >= 15 is 0 Å². The number of aryl methyl sites for hydroxylation is 1. The van der Waals surface area contributed by atoms with Crippen molar-refractivity contribution in [1.29, 1.82) is 0 Å². The maximum Gasteiger partial charge on any atom is 0.311 e. The number of esters is 1. The predicted molar refractivity (Wildman–Crippen MR) is 112 cm³/mol. The third-order valence-corrected chi connectivity index (χ3v) is 5.05. The number of benzene rings is 1. The molecule has 0 aliphatic carbocycles. The number of rotatable bonds is 11. The van der Waals surface area contributed by atoms with E-state index in [-0.39, 0.29) is 5.97 Å². The van der Waals surface area contributed by atoms with Crippen molar-refractivity contribution in [2.24, 2.45) is 5.92 Å². The third-order valence-electron chi connectivity index (χ3n) is 5.05. The quantitative estimate of drug-likeness (QED) is 0.255. The van der Waals surface area contributed by atoms with Crippen LogP contribution in [-0.4, -0.2) is 11.0 Å². The first-order valence-corrected chi connectivity index (χ1v) is 10.4. The van der Waals surface area contributed by atoms with Crippen molar-refractivity contribution in [2.45, 2.75) is 72.1 Å². The number of aromatic nitrogens is 1.